The van der Waals surface area contributed by atoms with Crippen LogP contribution in [0.25, 0.3) is 0 Å². The molecule has 0 amide bonds. The van der Waals surface area contributed by atoms with Gasteiger partial charge in [0.15, 0.2) is 0 Å². The molecule has 0 aromatic carbocycles. The van der Waals surface area contributed by atoms with E-state index in [1.807, 2.05) is 0 Å². The van der Waals surface area contributed by atoms with Crippen molar-refractivity contribution in [1.29, 1.82) is 0 Å². The quantitative estimate of drug-likeness (QED) is 0.717. The first kappa shape index (κ1) is 15.0. The maximum atomic E-state index is 3.74. The third kappa shape index (κ3) is 4.97. The summed E-state index contributed by atoms with van der Waals surface area (Å²) in [4.78, 5) is 2.71. The van der Waals surface area contributed by atoms with Gasteiger partial charge in [0.25, 0.3) is 0 Å². The fraction of sp³-hybridized carbons (Fsp3) is 1.00. The second-order valence-corrected chi connectivity index (χ2v) is 5.79. The zero-order chi connectivity index (χ0) is 12.7. The predicted molar refractivity (Wildman–Crippen MR) is 76.4 cm³/mol. The lowest BCUT2D eigenvalue weighted by molar-refractivity contribution is 0.185. The Bertz CT molecular complexity index is 193. The van der Waals surface area contributed by atoms with Gasteiger partial charge in [-0.2, -0.15) is 0 Å². The summed E-state index contributed by atoms with van der Waals surface area (Å²) >= 11 is 0. The molecule has 1 aliphatic heterocycles. The molecule has 0 aliphatic carbocycles. The van der Waals surface area contributed by atoms with Gasteiger partial charge in [-0.15, -0.1) is 0 Å². The highest BCUT2D eigenvalue weighted by atomic mass is 15.2. The summed E-state index contributed by atoms with van der Waals surface area (Å²) in [5.41, 5.74) is 0. The molecule has 0 bridgehead atoms. The second kappa shape index (κ2) is 8.10. The van der Waals surface area contributed by atoms with Gasteiger partial charge >= 0.3 is 0 Å². The highest BCUT2D eigenvalue weighted by molar-refractivity contribution is 4.83. The molecule has 0 spiro atoms. The minimum absolute atomic E-state index is 0.701. The van der Waals surface area contributed by atoms with Crippen molar-refractivity contribution in [2.24, 2.45) is 5.92 Å². The summed E-state index contributed by atoms with van der Waals surface area (Å²) in [5, 5.41) is 3.74. The largest absolute Gasteiger partial charge is 0.312 e. The molecule has 0 radical (unpaired) electrons. The molecule has 17 heavy (non-hydrogen) atoms. The van der Waals surface area contributed by atoms with E-state index >= 15 is 0 Å². The molecule has 0 aromatic heterocycles. The molecular formula is C15H32N2. The third-order valence-corrected chi connectivity index (χ3v) is 4.40. The SMILES string of the molecule is CCCCCN1CC(C(C)CC)NCCC1C. The number of nitrogens with one attached hydrogen (secondary N) is 1. The Hall–Kier alpha value is -0.0800. The number of nitrogens with zero attached hydrogens (tertiary/aromatic N) is 1. The summed E-state index contributed by atoms with van der Waals surface area (Å²) < 4.78 is 0. The fourth-order valence-corrected chi connectivity index (χ4v) is 2.70. The van der Waals surface area contributed by atoms with Crippen LogP contribution in [-0.2, 0) is 0 Å². The molecule has 1 heterocycles. The van der Waals surface area contributed by atoms with E-state index in [-0.39, 0.29) is 0 Å². The molecule has 3 unspecified atom stereocenters. The van der Waals surface area contributed by atoms with E-state index < -0.39 is 0 Å². The van der Waals surface area contributed by atoms with Gasteiger partial charge in [0.05, 0.1) is 0 Å². The number of rotatable bonds is 6. The fourth-order valence-electron chi connectivity index (χ4n) is 2.70. The summed E-state index contributed by atoms with van der Waals surface area (Å²) in [6, 6.07) is 1.46. The first-order valence-corrected chi connectivity index (χ1v) is 7.66. The zero-order valence-corrected chi connectivity index (χ0v) is 12.3. The summed E-state index contributed by atoms with van der Waals surface area (Å²) in [6.07, 6.45) is 6.67. The third-order valence-electron chi connectivity index (χ3n) is 4.40. The molecule has 3 atom stereocenters. The van der Waals surface area contributed by atoms with Gasteiger partial charge < -0.3 is 5.32 Å². The Morgan fingerprint density at radius 2 is 2.06 bits per heavy atom. The Kier molecular flexibility index (Phi) is 7.14. The first-order chi connectivity index (χ1) is 8.19. The summed E-state index contributed by atoms with van der Waals surface area (Å²) in [7, 11) is 0. The number of hydrogen-bond acceptors (Lipinski definition) is 2. The van der Waals surface area contributed by atoms with Gasteiger partial charge in [0.2, 0.25) is 0 Å². The van der Waals surface area contributed by atoms with Gasteiger partial charge in [-0.3, -0.25) is 4.90 Å². The van der Waals surface area contributed by atoms with E-state index in [0.717, 1.165) is 12.0 Å². The van der Waals surface area contributed by atoms with E-state index in [1.165, 1.54) is 51.7 Å². The number of hydrogen-bond donors (Lipinski definition) is 1. The van der Waals surface area contributed by atoms with E-state index in [0.29, 0.717) is 6.04 Å². The van der Waals surface area contributed by atoms with Crippen LogP contribution in [-0.4, -0.2) is 36.6 Å². The molecule has 1 fully saturated rings. The molecule has 102 valence electrons. The van der Waals surface area contributed by atoms with Crippen molar-refractivity contribution < 1.29 is 0 Å². The highest BCUT2D eigenvalue weighted by Crippen LogP contribution is 2.16. The second-order valence-electron chi connectivity index (χ2n) is 5.79. The molecule has 1 N–H and O–H groups in total. The maximum Gasteiger partial charge on any atom is 0.0220 e. The van der Waals surface area contributed by atoms with Crippen LogP contribution in [0.2, 0.25) is 0 Å². The van der Waals surface area contributed by atoms with Crippen molar-refractivity contribution in [1.82, 2.24) is 10.2 Å². The normalized spacial score (nSPS) is 28.9. The monoisotopic (exact) mass is 240 g/mol. The lowest BCUT2D eigenvalue weighted by atomic mass is 9.98. The van der Waals surface area contributed by atoms with E-state index in [4.69, 9.17) is 0 Å². The van der Waals surface area contributed by atoms with Crippen LogP contribution in [0.3, 0.4) is 0 Å². The average Bonchev–Trinajstić information content (AvgIpc) is 2.51. The van der Waals surface area contributed by atoms with Gasteiger partial charge in [0.1, 0.15) is 0 Å². The van der Waals surface area contributed by atoms with Crippen LogP contribution in [0.5, 0.6) is 0 Å². The van der Waals surface area contributed by atoms with Crippen LogP contribution in [0.15, 0.2) is 0 Å². The molecule has 2 nitrogen and oxygen atoms in total. The topological polar surface area (TPSA) is 15.3 Å². The van der Waals surface area contributed by atoms with Crippen LogP contribution in [0.1, 0.15) is 59.8 Å². The highest BCUT2D eigenvalue weighted by Gasteiger charge is 2.24. The zero-order valence-electron chi connectivity index (χ0n) is 12.3. The molecule has 0 saturated carbocycles. The predicted octanol–water partition coefficient (Wildman–Crippen LogP) is 3.28. The van der Waals surface area contributed by atoms with E-state index in [2.05, 4.69) is 37.9 Å². The molecule has 1 aliphatic rings. The van der Waals surface area contributed by atoms with Gasteiger partial charge in [0, 0.05) is 18.6 Å². The van der Waals surface area contributed by atoms with Gasteiger partial charge in [-0.25, -0.2) is 0 Å². The molecule has 0 aromatic rings. The van der Waals surface area contributed by atoms with Crippen molar-refractivity contribution in [3.05, 3.63) is 0 Å². The van der Waals surface area contributed by atoms with Crippen molar-refractivity contribution in [2.45, 2.75) is 71.9 Å². The minimum atomic E-state index is 0.701. The van der Waals surface area contributed by atoms with E-state index in [1.54, 1.807) is 0 Å². The van der Waals surface area contributed by atoms with Crippen LogP contribution >= 0.6 is 0 Å². The lowest BCUT2D eigenvalue weighted by Gasteiger charge is -2.31. The lowest BCUT2D eigenvalue weighted by Crippen LogP contribution is -2.43. The molecular weight excluding hydrogens is 208 g/mol. The summed E-state index contributed by atoms with van der Waals surface area (Å²) in [5.74, 6) is 0.800. The van der Waals surface area contributed by atoms with Crippen LogP contribution in [0.4, 0.5) is 0 Å². The number of unbranched alkanes of at least 4 members (excludes halogenated alkanes) is 2. The van der Waals surface area contributed by atoms with Gasteiger partial charge in [-0.05, 0) is 38.8 Å². The Morgan fingerprint density at radius 3 is 2.71 bits per heavy atom. The van der Waals surface area contributed by atoms with Crippen molar-refractivity contribution in [3.8, 4) is 0 Å². The molecule has 2 heteroatoms. The molecule has 1 rings (SSSR count). The van der Waals surface area contributed by atoms with Crippen molar-refractivity contribution in [3.63, 3.8) is 0 Å². The van der Waals surface area contributed by atoms with Crippen molar-refractivity contribution in [2.75, 3.05) is 19.6 Å². The van der Waals surface area contributed by atoms with Crippen molar-refractivity contribution >= 4 is 0 Å². The standard InChI is InChI=1S/C15H32N2/c1-5-7-8-11-17-12-15(13(3)6-2)16-10-9-14(17)4/h13-16H,5-12H2,1-4H3. The Labute approximate surface area is 108 Å². The van der Waals surface area contributed by atoms with Gasteiger partial charge in [-0.1, -0.05) is 40.0 Å². The first-order valence-electron chi connectivity index (χ1n) is 7.66. The smallest absolute Gasteiger partial charge is 0.0220 e. The molecule has 1 saturated heterocycles. The maximum absolute atomic E-state index is 3.74. The van der Waals surface area contributed by atoms with Crippen LogP contribution in [0, 0.1) is 5.92 Å². The Morgan fingerprint density at radius 1 is 1.29 bits per heavy atom. The minimum Gasteiger partial charge on any atom is -0.312 e. The Balaban J connectivity index is 2.46. The summed E-state index contributed by atoms with van der Waals surface area (Å²) in [6.45, 7) is 13.1. The van der Waals surface area contributed by atoms with Crippen LogP contribution < -0.4 is 5.32 Å². The average molecular weight is 240 g/mol. The van der Waals surface area contributed by atoms with E-state index in [9.17, 15) is 0 Å².